The van der Waals surface area contributed by atoms with E-state index in [4.69, 9.17) is 0 Å². The van der Waals surface area contributed by atoms with Gasteiger partial charge in [-0.05, 0) is 29.4 Å². The Morgan fingerprint density at radius 2 is 1.61 bits per heavy atom. The van der Waals surface area contributed by atoms with E-state index in [1.807, 2.05) is 30.3 Å². The van der Waals surface area contributed by atoms with E-state index in [-0.39, 0.29) is 11.0 Å². The Balaban J connectivity index is 2.60. The average Bonchev–Trinajstić information content (AvgIpc) is 2.84. The third-order valence-corrected chi connectivity index (χ3v) is 3.85. The third-order valence-electron chi connectivity index (χ3n) is 3.85. The molecule has 0 aliphatic heterocycles. The van der Waals surface area contributed by atoms with Crippen molar-refractivity contribution in [2.24, 2.45) is 5.41 Å². The summed E-state index contributed by atoms with van der Waals surface area (Å²) in [5.74, 6) is 0. The van der Waals surface area contributed by atoms with Gasteiger partial charge in [-0.1, -0.05) is 50.1 Å². The molecular formula is C16H16N2. The SMILES string of the molecule is CC1(C(=C(C#N)C#N)c2ccccc2)CCCC1. The van der Waals surface area contributed by atoms with Gasteiger partial charge in [0, 0.05) is 0 Å². The lowest BCUT2D eigenvalue weighted by atomic mass is 9.75. The van der Waals surface area contributed by atoms with Gasteiger partial charge in [0.25, 0.3) is 0 Å². The lowest BCUT2D eigenvalue weighted by Crippen LogP contribution is -2.15. The standard InChI is InChI=1S/C16H16N2/c1-16(9-5-6-10-16)15(14(11-17)12-18)13-7-3-2-4-8-13/h2-4,7-8H,5-6,9-10H2,1H3. The van der Waals surface area contributed by atoms with E-state index >= 15 is 0 Å². The maximum atomic E-state index is 9.20. The first kappa shape index (κ1) is 12.4. The zero-order valence-electron chi connectivity index (χ0n) is 10.6. The molecule has 0 bridgehead atoms. The second-order valence-corrected chi connectivity index (χ2v) is 5.11. The van der Waals surface area contributed by atoms with Crippen LogP contribution in [0.2, 0.25) is 0 Å². The molecule has 1 aliphatic carbocycles. The van der Waals surface area contributed by atoms with Gasteiger partial charge in [0.2, 0.25) is 0 Å². The number of nitriles is 2. The smallest absolute Gasteiger partial charge is 0.134 e. The van der Waals surface area contributed by atoms with Crippen LogP contribution in [0.1, 0.15) is 38.2 Å². The van der Waals surface area contributed by atoms with E-state index in [1.165, 1.54) is 12.8 Å². The molecule has 1 aromatic carbocycles. The Labute approximate surface area is 108 Å². The van der Waals surface area contributed by atoms with E-state index in [0.717, 1.165) is 24.0 Å². The summed E-state index contributed by atoms with van der Waals surface area (Å²) in [6.07, 6.45) is 4.47. The van der Waals surface area contributed by atoms with Crippen molar-refractivity contribution in [1.29, 1.82) is 10.5 Å². The molecule has 90 valence electrons. The van der Waals surface area contributed by atoms with Crippen molar-refractivity contribution in [3.8, 4) is 12.1 Å². The molecule has 1 aromatic rings. The van der Waals surface area contributed by atoms with Crippen LogP contribution in [-0.2, 0) is 0 Å². The van der Waals surface area contributed by atoms with Gasteiger partial charge in [0.05, 0.1) is 0 Å². The summed E-state index contributed by atoms with van der Waals surface area (Å²) in [5.41, 5.74) is 2.19. The molecule has 0 heterocycles. The summed E-state index contributed by atoms with van der Waals surface area (Å²) in [7, 11) is 0. The van der Waals surface area contributed by atoms with Crippen LogP contribution in [0.4, 0.5) is 0 Å². The summed E-state index contributed by atoms with van der Waals surface area (Å²) >= 11 is 0. The van der Waals surface area contributed by atoms with E-state index < -0.39 is 0 Å². The first-order valence-corrected chi connectivity index (χ1v) is 6.32. The fraction of sp³-hybridized carbons (Fsp3) is 0.375. The second kappa shape index (κ2) is 5.07. The van der Waals surface area contributed by atoms with Crippen molar-refractivity contribution in [3.63, 3.8) is 0 Å². The summed E-state index contributed by atoms with van der Waals surface area (Å²) in [5, 5.41) is 18.4. The molecule has 1 aliphatic rings. The van der Waals surface area contributed by atoms with Crippen molar-refractivity contribution >= 4 is 5.57 Å². The molecule has 2 heteroatoms. The van der Waals surface area contributed by atoms with E-state index in [1.54, 1.807) is 0 Å². The Bertz CT molecular complexity index is 519. The molecule has 0 N–H and O–H groups in total. The van der Waals surface area contributed by atoms with Gasteiger partial charge in [-0.2, -0.15) is 10.5 Å². The normalized spacial score (nSPS) is 16.6. The zero-order valence-corrected chi connectivity index (χ0v) is 10.6. The van der Waals surface area contributed by atoms with Crippen LogP contribution in [0.25, 0.3) is 5.57 Å². The van der Waals surface area contributed by atoms with Gasteiger partial charge in [0.15, 0.2) is 0 Å². The molecule has 18 heavy (non-hydrogen) atoms. The minimum absolute atomic E-state index is 0.0256. The first-order chi connectivity index (χ1) is 8.71. The molecule has 1 fully saturated rings. The summed E-state index contributed by atoms with van der Waals surface area (Å²) in [6, 6.07) is 14.0. The van der Waals surface area contributed by atoms with Crippen LogP contribution >= 0.6 is 0 Å². The molecule has 0 saturated heterocycles. The van der Waals surface area contributed by atoms with Gasteiger partial charge in [-0.3, -0.25) is 0 Å². The number of benzene rings is 1. The highest BCUT2D eigenvalue weighted by molar-refractivity contribution is 5.79. The molecule has 1 saturated carbocycles. The Morgan fingerprint density at radius 3 is 2.11 bits per heavy atom. The summed E-state index contributed by atoms with van der Waals surface area (Å²) in [4.78, 5) is 0. The van der Waals surface area contributed by atoms with Crippen LogP contribution in [-0.4, -0.2) is 0 Å². The van der Waals surface area contributed by atoms with E-state index in [0.29, 0.717) is 0 Å². The highest BCUT2D eigenvalue weighted by atomic mass is 14.4. The molecule has 0 spiro atoms. The third kappa shape index (κ3) is 2.15. The Kier molecular flexibility index (Phi) is 3.49. The highest BCUT2D eigenvalue weighted by Gasteiger charge is 2.35. The zero-order chi connectivity index (χ0) is 13.0. The maximum absolute atomic E-state index is 9.20. The van der Waals surface area contributed by atoms with E-state index in [2.05, 4.69) is 19.1 Å². The van der Waals surface area contributed by atoms with Gasteiger partial charge in [-0.25, -0.2) is 0 Å². The molecule has 0 amide bonds. The van der Waals surface area contributed by atoms with Crippen LogP contribution in [0.5, 0.6) is 0 Å². The van der Waals surface area contributed by atoms with Gasteiger partial charge in [0.1, 0.15) is 17.7 Å². The largest absolute Gasteiger partial charge is 0.192 e. The number of nitrogens with zero attached hydrogens (tertiary/aromatic N) is 2. The van der Waals surface area contributed by atoms with Gasteiger partial charge < -0.3 is 0 Å². The predicted molar refractivity (Wildman–Crippen MR) is 71.2 cm³/mol. The van der Waals surface area contributed by atoms with Crippen molar-refractivity contribution in [1.82, 2.24) is 0 Å². The molecule has 2 rings (SSSR count). The number of hydrogen-bond acceptors (Lipinski definition) is 2. The lowest BCUT2D eigenvalue weighted by molar-refractivity contribution is 0.465. The van der Waals surface area contributed by atoms with Crippen LogP contribution in [0.15, 0.2) is 35.9 Å². The number of rotatable bonds is 2. The molecule has 0 radical (unpaired) electrons. The number of hydrogen-bond donors (Lipinski definition) is 0. The monoisotopic (exact) mass is 236 g/mol. The quantitative estimate of drug-likeness (QED) is 0.727. The van der Waals surface area contributed by atoms with Crippen LogP contribution in [0.3, 0.4) is 0 Å². The maximum Gasteiger partial charge on any atom is 0.134 e. The molecule has 2 nitrogen and oxygen atoms in total. The molecular weight excluding hydrogens is 220 g/mol. The topological polar surface area (TPSA) is 47.6 Å². The summed E-state index contributed by atoms with van der Waals surface area (Å²) < 4.78 is 0. The van der Waals surface area contributed by atoms with Crippen molar-refractivity contribution < 1.29 is 0 Å². The van der Waals surface area contributed by atoms with Crippen molar-refractivity contribution in [2.45, 2.75) is 32.6 Å². The van der Waals surface area contributed by atoms with E-state index in [9.17, 15) is 10.5 Å². The lowest BCUT2D eigenvalue weighted by Gasteiger charge is -2.27. The molecule has 0 atom stereocenters. The Hall–Kier alpha value is -2.06. The number of allylic oxidation sites excluding steroid dienone is 2. The first-order valence-electron chi connectivity index (χ1n) is 6.32. The van der Waals surface area contributed by atoms with Gasteiger partial charge >= 0.3 is 0 Å². The van der Waals surface area contributed by atoms with Crippen LogP contribution < -0.4 is 0 Å². The molecule has 0 aromatic heterocycles. The van der Waals surface area contributed by atoms with Crippen LogP contribution in [0, 0.1) is 28.1 Å². The minimum Gasteiger partial charge on any atom is -0.192 e. The van der Waals surface area contributed by atoms with Crippen molar-refractivity contribution in [2.75, 3.05) is 0 Å². The average molecular weight is 236 g/mol. The summed E-state index contributed by atoms with van der Waals surface area (Å²) in [6.45, 7) is 2.18. The Morgan fingerprint density at radius 1 is 1.06 bits per heavy atom. The molecule has 0 unspecified atom stereocenters. The fourth-order valence-electron chi connectivity index (χ4n) is 2.94. The van der Waals surface area contributed by atoms with Gasteiger partial charge in [-0.15, -0.1) is 0 Å². The fourth-order valence-corrected chi connectivity index (χ4v) is 2.94. The predicted octanol–water partition coefficient (Wildman–Crippen LogP) is 4.07. The minimum atomic E-state index is -0.0256. The van der Waals surface area contributed by atoms with Crippen molar-refractivity contribution in [3.05, 3.63) is 41.5 Å². The second-order valence-electron chi connectivity index (χ2n) is 5.11. The highest BCUT2D eigenvalue weighted by Crippen LogP contribution is 2.49.